The average molecular weight is 133 g/mol. The normalized spacial score (nSPS) is 17.6. The molecule has 1 rings (SSSR count). The highest BCUT2D eigenvalue weighted by molar-refractivity contribution is 6.29. The first kappa shape index (κ1) is 5.31. The monoisotopic (exact) mass is 132 g/mol. The van der Waals surface area contributed by atoms with Crippen molar-refractivity contribution in [2.24, 2.45) is 5.73 Å². The molecule has 0 amide bonds. The Balaban J connectivity index is 2.76. The van der Waals surface area contributed by atoms with Crippen molar-refractivity contribution < 1.29 is 4.84 Å². The van der Waals surface area contributed by atoms with E-state index in [1.807, 2.05) is 0 Å². The van der Waals surface area contributed by atoms with Crippen LogP contribution in [-0.2, 0) is 4.84 Å². The molecule has 0 radical (unpaired) electrons. The molecule has 3 N–H and O–H groups in total. The lowest BCUT2D eigenvalue weighted by Gasteiger charge is -2.07. The SMILES string of the molecule is NC1=C(Cl)NOC=C1. The Morgan fingerprint density at radius 1 is 1.75 bits per heavy atom. The van der Waals surface area contributed by atoms with Crippen LogP contribution in [0.25, 0.3) is 0 Å². The summed E-state index contributed by atoms with van der Waals surface area (Å²) in [6.45, 7) is 0. The highest BCUT2D eigenvalue weighted by Gasteiger charge is 1.99. The van der Waals surface area contributed by atoms with Crippen LogP contribution in [0.4, 0.5) is 0 Å². The summed E-state index contributed by atoms with van der Waals surface area (Å²) >= 11 is 5.43. The van der Waals surface area contributed by atoms with Crippen LogP contribution < -0.4 is 11.2 Å². The Bertz CT molecular complexity index is 152. The highest BCUT2D eigenvalue weighted by Crippen LogP contribution is 2.05. The summed E-state index contributed by atoms with van der Waals surface area (Å²) in [7, 11) is 0. The fourth-order valence-electron chi connectivity index (χ4n) is 0.325. The van der Waals surface area contributed by atoms with Crippen molar-refractivity contribution in [1.29, 1.82) is 0 Å². The number of halogens is 1. The quantitative estimate of drug-likeness (QED) is 0.469. The zero-order valence-corrected chi connectivity index (χ0v) is 4.77. The van der Waals surface area contributed by atoms with E-state index >= 15 is 0 Å². The molecule has 8 heavy (non-hydrogen) atoms. The van der Waals surface area contributed by atoms with Crippen molar-refractivity contribution in [3.8, 4) is 0 Å². The number of nitrogens with two attached hydrogens (primary N) is 1. The van der Waals surface area contributed by atoms with Crippen LogP contribution in [0, 0.1) is 0 Å². The second kappa shape index (κ2) is 1.96. The molecule has 0 spiro atoms. The van der Waals surface area contributed by atoms with Crippen LogP contribution in [0.15, 0.2) is 23.2 Å². The topological polar surface area (TPSA) is 47.3 Å². The summed E-state index contributed by atoms with van der Waals surface area (Å²) in [5.74, 6) is 0. The van der Waals surface area contributed by atoms with Gasteiger partial charge in [0.2, 0.25) is 0 Å². The van der Waals surface area contributed by atoms with Gasteiger partial charge in [-0.15, -0.1) is 0 Å². The Morgan fingerprint density at radius 3 is 2.88 bits per heavy atom. The van der Waals surface area contributed by atoms with Gasteiger partial charge < -0.3 is 10.6 Å². The van der Waals surface area contributed by atoms with Crippen LogP contribution >= 0.6 is 11.6 Å². The highest BCUT2D eigenvalue weighted by atomic mass is 35.5. The van der Waals surface area contributed by atoms with Gasteiger partial charge in [-0.1, -0.05) is 11.6 Å². The van der Waals surface area contributed by atoms with Crippen LogP contribution in [0.1, 0.15) is 0 Å². The third kappa shape index (κ3) is 0.869. The zero-order valence-electron chi connectivity index (χ0n) is 4.02. The van der Waals surface area contributed by atoms with E-state index in [4.69, 9.17) is 17.3 Å². The fourth-order valence-corrected chi connectivity index (χ4v) is 0.433. The lowest BCUT2D eigenvalue weighted by molar-refractivity contribution is 0.166. The van der Waals surface area contributed by atoms with Crippen LogP contribution in [-0.4, -0.2) is 0 Å². The maximum absolute atomic E-state index is 5.43. The predicted molar refractivity (Wildman–Crippen MR) is 30.4 cm³/mol. The molecule has 0 aromatic carbocycles. The number of rotatable bonds is 0. The number of hydroxylamine groups is 1. The van der Waals surface area contributed by atoms with Gasteiger partial charge in [0.05, 0.1) is 5.70 Å². The summed E-state index contributed by atoms with van der Waals surface area (Å²) < 4.78 is 0. The van der Waals surface area contributed by atoms with E-state index < -0.39 is 0 Å². The molecule has 4 heteroatoms. The Hall–Kier alpha value is -0.830. The maximum Gasteiger partial charge on any atom is 0.160 e. The molecule has 0 fully saturated rings. The molecule has 0 aliphatic carbocycles. The molecule has 0 aromatic heterocycles. The molecular formula is C4H5ClN2O. The molecule has 0 saturated heterocycles. The van der Waals surface area contributed by atoms with E-state index in [1.54, 1.807) is 6.08 Å². The van der Waals surface area contributed by atoms with Crippen LogP contribution in [0.2, 0.25) is 0 Å². The van der Waals surface area contributed by atoms with Gasteiger partial charge in [0.15, 0.2) is 5.16 Å². The van der Waals surface area contributed by atoms with E-state index in [9.17, 15) is 0 Å². The van der Waals surface area contributed by atoms with Crippen LogP contribution in [0.3, 0.4) is 0 Å². The van der Waals surface area contributed by atoms with Gasteiger partial charge in [0.25, 0.3) is 0 Å². The summed E-state index contributed by atoms with van der Waals surface area (Å²) in [5.41, 5.74) is 8.15. The molecule has 0 atom stereocenters. The fraction of sp³-hybridized carbons (Fsp3) is 0. The first-order chi connectivity index (χ1) is 3.80. The van der Waals surface area contributed by atoms with Crippen molar-refractivity contribution >= 4 is 11.6 Å². The molecule has 1 aliphatic heterocycles. The minimum Gasteiger partial charge on any atom is -0.396 e. The lowest BCUT2D eigenvalue weighted by atomic mass is 10.5. The number of nitrogens with one attached hydrogen (secondary N) is 1. The van der Waals surface area contributed by atoms with Crippen molar-refractivity contribution in [2.75, 3.05) is 0 Å². The Morgan fingerprint density at radius 2 is 2.50 bits per heavy atom. The molecule has 0 aromatic rings. The van der Waals surface area contributed by atoms with Crippen molar-refractivity contribution in [3.05, 3.63) is 23.2 Å². The van der Waals surface area contributed by atoms with Gasteiger partial charge in [-0.2, -0.15) is 0 Å². The molecule has 0 unspecified atom stereocenters. The van der Waals surface area contributed by atoms with E-state index in [2.05, 4.69) is 10.3 Å². The molecule has 1 aliphatic rings. The smallest absolute Gasteiger partial charge is 0.160 e. The summed E-state index contributed by atoms with van der Waals surface area (Å²) in [6.07, 6.45) is 2.99. The second-order valence-corrected chi connectivity index (χ2v) is 1.67. The van der Waals surface area contributed by atoms with Crippen molar-refractivity contribution in [3.63, 3.8) is 0 Å². The number of allylic oxidation sites excluding steroid dienone is 1. The minimum absolute atomic E-state index is 0.326. The first-order valence-electron chi connectivity index (χ1n) is 2.04. The largest absolute Gasteiger partial charge is 0.396 e. The lowest BCUT2D eigenvalue weighted by Crippen LogP contribution is -2.15. The van der Waals surface area contributed by atoms with E-state index in [1.165, 1.54) is 6.26 Å². The maximum atomic E-state index is 5.43. The molecule has 1 heterocycles. The predicted octanol–water partition coefficient (Wildman–Crippen LogP) is 0.402. The van der Waals surface area contributed by atoms with Crippen molar-refractivity contribution in [1.82, 2.24) is 5.48 Å². The van der Waals surface area contributed by atoms with Crippen molar-refractivity contribution in [2.45, 2.75) is 0 Å². The summed E-state index contributed by atoms with van der Waals surface area (Å²) in [6, 6.07) is 0. The van der Waals surface area contributed by atoms with E-state index in [0.29, 0.717) is 10.9 Å². The average Bonchev–Trinajstić information content (AvgIpc) is 1.77. The van der Waals surface area contributed by atoms with Gasteiger partial charge in [-0.25, -0.2) is 5.48 Å². The standard InChI is InChI=1S/C4H5ClN2O/c5-4-3(6)1-2-8-7-4/h1-2,7H,6H2. The summed E-state index contributed by atoms with van der Waals surface area (Å²) in [4.78, 5) is 4.55. The molecule has 0 bridgehead atoms. The molecule has 0 saturated carbocycles. The van der Waals surface area contributed by atoms with Crippen LogP contribution in [0.5, 0.6) is 0 Å². The summed E-state index contributed by atoms with van der Waals surface area (Å²) in [5, 5.41) is 0.326. The molecule has 44 valence electrons. The van der Waals surface area contributed by atoms with Gasteiger partial charge >= 0.3 is 0 Å². The third-order valence-corrected chi connectivity index (χ3v) is 1.01. The Kier molecular flexibility index (Phi) is 1.30. The van der Waals surface area contributed by atoms with Gasteiger partial charge in [0.1, 0.15) is 6.26 Å². The third-order valence-electron chi connectivity index (χ3n) is 0.718. The van der Waals surface area contributed by atoms with Gasteiger partial charge in [0, 0.05) is 6.08 Å². The second-order valence-electron chi connectivity index (χ2n) is 1.29. The van der Waals surface area contributed by atoms with Gasteiger partial charge in [-0.05, 0) is 0 Å². The number of hydrogen-bond acceptors (Lipinski definition) is 3. The zero-order chi connectivity index (χ0) is 5.98. The molecular weight excluding hydrogens is 128 g/mol. The Labute approximate surface area is 51.7 Å². The molecule has 3 nitrogen and oxygen atoms in total. The number of hydrogen-bond donors (Lipinski definition) is 2. The van der Waals surface area contributed by atoms with E-state index in [-0.39, 0.29) is 0 Å². The van der Waals surface area contributed by atoms with Gasteiger partial charge in [-0.3, -0.25) is 0 Å². The van der Waals surface area contributed by atoms with E-state index in [0.717, 1.165) is 0 Å². The first-order valence-corrected chi connectivity index (χ1v) is 2.42. The minimum atomic E-state index is 0.326.